The molecule has 1 aliphatic rings. The molecule has 0 unspecified atom stereocenters. The number of carbonyl (C=O) groups is 2. The van der Waals surface area contributed by atoms with Gasteiger partial charge in [-0.1, -0.05) is 38.1 Å². The number of carboxylic acid groups (broad SMARTS) is 1. The van der Waals surface area contributed by atoms with E-state index in [1.807, 2.05) is 25.1 Å². The van der Waals surface area contributed by atoms with E-state index >= 15 is 0 Å². The highest BCUT2D eigenvalue weighted by molar-refractivity contribution is 7.92. The Labute approximate surface area is 196 Å². The van der Waals surface area contributed by atoms with Crippen molar-refractivity contribution in [2.24, 2.45) is 5.92 Å². The van der Waals surface area contributed by atoms with Crippen LogP contribution in [0.3, 0.4) is 0 Å². The van der Waals surface area contributed by atoms with Gasteiger partial charge in [0.2, 0.25) is 5.91 Å². The maximum atomic E-state index is 12.5. The van der Waals surface area contributed by atoms with Crippen LogP contribution in [0.5, 0.6) is 0 Å². The minimum Gasteiger partial charge on any atom is -0.475 e. The Morgan fingerprint density at radius 2 is 1.65 bits per heavy atom. The lowest BCUT2D eigenvalue weighted by Crippen LogP contribution is -2.36. The van der Waals surface area contributed by atoms with Crippen LogP contribution in [0.25, 0.3) is 0 Å². The van der Waals surface area contributed by atoms with E-state index in [0.29, 0.717) is 18.2 Å². The van der Waals surface area contributed by atoms with Gasteiger partial charge in [-0.15, -0.1) is 0 Å². The quantitative estimate of drug-likeness (QED) is 0.527. The van der Waals surface area contributed by atoms with Crippen molar-refractivity contribution in [3.8, 4) is 0 Å². The molecule has 0 heterocycles. The van der Waals surface area contributed by atoms with Gasteiger partial charge in [-0.25, -0.2) is 13.2 Å². The molecule has 3 rings (SSSR count). The second-order valence-corrected chi connectivity index (χ2v) is 10.2. The summed E-state index contributed by atoms with van der Waals surface area (Å²) in [5, 5.41) is 10.1. The molecule has 0 saturated heterocycles. The Kier molecular flexibility index (Phi) is 8.35. The molecule has 0 aromatic heterocycles. The van der Waals surface area contributed by atoms with E-state index in [2.05, 4.69) is 23.9 Å². The molecule has 11 heteroatoms. The highest BCUT2D eigenvalue weighted by Crippen LogP contribution is 2.48. The van der Waals surface area contributed by atoms with Gasteiger partial charge < -0.3 is 10.4 Å². The number of hydrogen-bond donors (Lipinski definition) is 3. The van der Waals surface area contributed by atoms with E-state index in [0.717, 1.165) is 24.0 Å². The zero-order chi connectivity index (χ0) is 25.7. The molecule has 0 aliphatic heterocycles. The lowest BCUT2D eigenvalue weighted by Gasteiger charge is -2.17. The van der Waals surface area contributed by atoms with Gasteiger partial charge in [-0.3, -0.25) is 9.52 Å². The third-order valence-corrected chi connectivity index (χ3v) is 6.47. The summed E-state index contributed by atoms with van der Waals surface area (Å²) >= 11 is 0. The molecule has 0 atom stereocenters. The highest BCUT2D eigenvalue weighted by atomic mass is 32.2. The number of carboxylic acids is 1. The minimum absolute atomic E-state index is 0.0595. The van der Waals surface area contributed by atoms with Crippen molar-refractivity contribution in [1.29, 1.82) is 0 Å². The summed E-state index contributed by atoms with van der Waals surface area (Å²) in [6.45, 7) is 6.64. The third-order valence-electron chi connectivity index (χ3n) is 5.09. The maximum Gasteiger partial charge on any atom is 0.490 e. The second-order valence-electron chi connectivity index (χ2n) is 8.49. The maximum absolute atomic E-state index is 12.5. The Hall–Kier alpha value is -3.08. The number of aliphatic carboxylic acids is 1. The van der Waals surface area contributed by atoms with Crippen LogP contribution in [0.4, 0.5) is 18.9 Å². The zero-order valence-corrected chi connectivity index (χ0v) is 19.8. The number of carbonyl (C=O) groups excluding carboxylic acids is 1. The molecular formula is C23H27F3N2O5S. The monoisotopic (exact) mass is 500 g/mol. The molecule has 0 bridgehead atoms. The number of aryl methyl sites for hydroxylation is 1. The van der Waals surface area contributed by atoms with Crippen molar-refractivity contribution in [3.63, 3.8) is 0 Å². The summed E-state index contributed by atoms with van der Waals surface area (Å²) < 4.78 is 59.4. The van der Waals surface area contributed by atoms with E-state index in [4.69, 9.17) is 9.90 Å². The molecule has 1 fully saturated rings. The van der Waals surface area contributed by atoms with Crippen LogP contribution in [0.15, 0.2) is 53.4 Å². The molecule has 1 saturated carbocycles. The van der Waals surface area contributed by atoms with Crippen LogP contribution >= 0.6 is 0 Å². The van der Waals surface area contributed by atoms with Crippen LogP contribution in [0, 0.1) is 12.8 Å². The van der Waals surface area contributed by atoms with Crippen molar-refractivity contribution in [3.05, 3.63) is 59.7 Å². The Morgan fingerprint density at radius 1 is 1.09 bits per heavy atom. The molecular weight excluding hydrogens is 473 g/mol. The number of sulfonamides is 1. The first-order valence-electron chi connectivity index (χ1n) is 10.5. The highest BCUT2D eigenvalue weighted by Gasteiger charge is 2.51. The van der Waals surface area contributed by atoms with Crippen molar-refractivity contribution >= 4 is 27.6 Å². The van der Waals surface area contributed by atoms with Gasteiger partial charge in [0, 0.05) is 12.2 Å². The number of halogens is 3. The molecule has 0 spiro atoms. The molecule has 2 aromatic carbocycles. The summed E-state index contributed by atoms with van der Waals surface area (Å²) in [6.07, 6.45) is -3.43. The molecule has 1 amide bonds. The van der Waals surface area contributed by atoms with Gasteiger partial charge in [0.1, 0.15) is 0 Å². The smallest absolute Gasteiger partial charge is 0.475 e. The van der Waals surface area contributed by atoms with E-state index in [1.54, 1.807) is 30.3 Å². The fourth-order valence-corrected chi connectivity index (χ4v) is 4.25. The number of amides is 1. The predicted octanol–water partition coefficient (Wildman–Crippen LogP) is 4.23. The van der Waals surface area contributed by atoms with Crippen molar-refractivity contribution < 1.29 is 36.3 Å². The first kappa shape index (κ1) is 27.2. The lowest BCUT2D eigenvalue weighted by atomic mass is 9.94. The topological polar surface area (TPSA) is 113 Å². The fraction of sp³-hybridized carbons (Fsp3) is 0.391. The van der Waals surface area contributed by atoms with Crippen LogP contribution in [-0.4, -0.2) is 38.1 Å². The third kappa shape index (κ3) is 7.21. The number of rotatable bonds is 7. The Bertz CT molecular complexity index is 1130. The van der Waals surface area contributed by atoms with Crippen LogP contribution < -0.4 is 10.0 Å². The van der Waals surface area contributed by atoms with Gasteiger partial charge in [0.05, 0.1) is 10.3 Å². The summed E-state index contributed by atoms with van der Waals surface area (Å²) in [5.74, 6) is -2.29. The standard InChI is InChI=1S/C21H26N2O3S.C2HF3O2/c1-15(2)14-22-20(24)21(11-12-21)17-7-9-18(10-8-17)23-27(25,26)19-6-4-5-16(3)13-19;3-2(4,5)1(6)7/h4-10,13,15,23H,11-12,14H2,1-3H3,(H,22,24);(H,6,7). The van der Waals surface area contributed by atoms with Gasteiger partial charge >= 0.3 is 12.1 Å². The summed E-state index contributed by atoms with van der Waals surface area (Å²) in [7, 11) is -3.63. The van der Waals surface area contributed by atoms with Gasteiger partial charge in [0.15, 0.2) is 0 Å². The van der Waals surface area contributed by atoms with E-state index in [-0.39, 0.29) is 10.8 Å². The number of alkyl halides is 3. The van der Waals surface area contributed by atoms with E-state index in [9.17, 15) is 26.4 Å². The molecule has 2 aromatic rings. The molecule has 34 heavy (non-hydrogen) atoms. The second kappa shape index (κ2) is 10.5. The fourth-order valence-electron chi connectivity index (χ4n) is 3.09. The van der Waals surface area contributed by atoms with Crippen molar-refractivity contribution in [1.82, 2.24) is 5.32 Å². The Balaban J connectivity index is 0.000000509. The van der Waals surface area contributed by atoms with E-state index < -0.39 is 27.6 Å². The molecule has 7 nitrogen and oxygen atoms in total. The number of hydrogen-bond acceptors (Lipinski definition) is 4. The van der Waals surface area contributed by atoms with Crippen LogP contribution in [0.2, 0.25) is 0 Å². The van der Waals surface area contributed by atoms with Crippen molar-refractivity contribution in [2.45, 2.75) is 50.1 Å². The van der Waals surface area contributed by atoms with Gasteiger partial charge in [-0.05, 0) is 61.1 Å². The molecule has 1 aliphatic carbocycles. The summed E-state index contributed by atoms with van der Waals surface area (Å²) in [6, 6.07) is 13.9. The predicted molar refractivity (Wildman–Crippen MR) is 121 cm³/mol. The molecule has 0 radical (unpaired) electrons. The first-order valence-corrected chi connectivity index (χ1v) is 11.9. The molecule has 3 N–H and O–H groups in total. The molecule has 186 valence electrons. The lowest BCUT2D eigenvalue weighted by molar-refractivity contribution is -0.192. The Morgan fingerprint density at radius 3 is 2.09 bits per heavy atom. The summed E-state index contributed by atoms with van der Waals surface area (Å²) in [4.78, 5) is 21.7. The zero-order valence-electron chi connectivity index (χ0n) is 18.9. The number of nitrogens with one attached hydrogen (secondary N) is 2. The summed E-state index contributed by atoms with van der Waals surface area (Å²) in [5.41, 5.74) is 1.85. The SMILES string of the molecule is Cc1cccc(S(=O)(=O)Nc2ccc(C3(C(=O)NCC(C)C)CC3)cc2)c1.O=C(O)C(F)(F)F. The average Bonchev–Trinajstić information content (AvgIpc) is 3.54. The van der Waals surface area contributed by atoms with Crippen molar-refractivity contribution in [2.75, 3.05) is 11.3 Å². The minimum atomic E-state index is -5.08. The largest absolute Gasteiger partial charge is 0.490 e. The van der Waals surface area contributed by atoms with Gasteiger partial charge in [0.25, 0.3) is 10.0 Å². The first-order chi connectivity index (χ1) is 15.7. The normalized spacial score (nSPS) is 14.6. The van der Waals surface area contributed by atoms with Gasteiger partial charge in [-0.2, -0.15) is 13.2 Å². The van der Waals surface area contributed by atoms with Crippen LogP contribution in [-0.2, 0) is 25.0 Å². The average molecular weight is 501 g/mol. The number of benzene rings is 2. The number of anilines is 1. The van der Waals surface area contributed by atoms with E-state index in [1.165, 1.54) is 0 Å². The van der Waals surface area contributed by atoms with Crippen LogP contribution in [0.1, 0.15) is 37.8 Å².